The summed E-state index contributed by atoms with van der Waals surface area (Å²) in [5.41, 5.74) is 7.85. The Balaban J connectivity index is 1.44. The second-order valence-corrected chi connectivity index (χ2v) is 6.22. The van der Waals surface area contributed by atoms with Crippen molar-refractivity contribution < 1.29 is 4.79 Å². The summed E-state index contributed by atoms with van der Waals surface area (Å²) in [4.78, 5) is 12.0. The molecule has 2 fully saturated rings. The fourth-order valence-electron chi connectivity index (χ4n) is 3.20. The van der Waals surface area contributed by atoms with Gasteiger partial charge in [0.2, 0.25) is 0 Å². The van der Waals surface area contributed by atoms with Crippen LogP contribution < -0.4 is 11.1 Å². The third-order valence-corrected chi connectivity index (χ3v) is 4.58. The Hall–Kier alpha value is -1.52. The van der Waals surface area contributed by atoms with Crippen LogP contribution in [0.3, 0.4) is 0 Å². The molecule has 5 nitrogen and oxygen atoms in total. The van der Waals surface area contributed by atoms with E-state index in [0.29, 0.717) is 17.3 Å². The highest BCUT2D eigenvalue weighted by atomic mass is 16.1. The fraction of sp³-hybridized carbons (Fsp3) is 0.733. The number of carbonyl (C=O) groups is 1. The van der Waals surface area contributed by atoms with Crippen LogP contribution in [0.1, 0.15) is 73.5 Å². The normalized spacial score (nSPS) is 19.4. The van der Waals surface area contributed by atoms with Crippen LogP contribution in [0.25, 0.3) is 0 Å². The SMILES string of the molecule is Nc1c(C(=O)NCCCC2CCCC2)n[nH]c1C1CC1. The number of carbonyl (C=O) groups excluding carboxylic acids is 1. The number of anilines is 1. The Labute approximate surface area is 119 Å². The summed E-state index contributed by atoms with van der Waals surface area (Å²) >= 11 is 0. The van der Waals surface area contributed by atoms with Crippen molar-refractivity contribution >= 4 is 11.6 Å². The van der Waals surface area contributed by atoms with Gasteiger partial charge in [-0.15, -0.1) is 0 Å². The number of nitrogens with two attached hydrogens (primary N) is 1. The fourth-order valence-corrected chi connectivity index (χ4v) is 3.20. The van der Waals surface area contributed by atoms with Crippen molar-refractivity contribution in [3.05, 3.63) is 11.4 Å². The highest BCUT2D eigenvalue weighted by Crippen LogP contribution is 2.42. The molecule has 4 N–H and O–H groups in total. The van der Waals surface area contributed by atoms with Gasteiger partial charge in [-0.2, -0.15) is 5.10 Å². The van der Waals surface area contributed by atoms with Crippen LogP contribution in [-0.4, -0.2) is 22.6 Å². The first-order valence-electron chi connectivity index (χ1n) is 7.87. The number of nitrogens with zero attached hydrogens (tertiary/aromatic N) is 1. The average molecular weight is 276 g/mol. The van der Waals surface area contributed by atoms with E-state index in [0.717, 1.165) is 37.4 Å². The van der Waals surface area contributed by atoms with Gasteiger partial charge < -0.3 is 11.1 Å². The lowest BCUT2D eigenvalue weighted by molar-refractivity contribution is 0.0948. The Morgan fingerprint density at radius 1 is 1.30 bits per heavy atom. The predicted molar refractivity (Wildman–Crippen MR) is 78.5 cm³/mol. The van der Waals surface area contributed by atoms with E-state index in [4.69, 9.17) is 5.73 Å². The maximum Gasteiger partial charge on any atom is 0.273 e. The highest BCUT2D eigenvalue weighted by molar-refractivity contribution is 5.97. The molecule has 5 heteroatoms. The zero-order chi connectivity index (χ0) is 13.9. The van der Waals surface area contributed by atoms with E-state index in [2.05, 4.69) is 15.5 Å². The Kier molecular flexibility index (Phi) is 3.94. The highest BCUT2D eigenvalue weighted by Gasteiger charge is 2.30. The molecule has 0 aromatic carbocycles. The van der Waals surface area contributed by atoms with E-state index in [1.165, 1.54) is 32.1 Å². The number of aromatic amines is 1. The van der Waals surface area contributed by atoms with Crippen LogP contribution in [0.5, 0.6) is 0 Å². The number of hydrogen-bond donors (Lipinski definition) is 3. The van der Waals surface area contributed by atoms with Crippen molar-refractivity contribution in [1.29, 1.82) is 0 Å². The molecule has 0 bridgehead atoms. The van der Waals surface area contributed by atoms with Crippen molar-refractivity contribution in [3.8, 4) is 0 Å². The minimum Gasteiger partial charge on any atom is -0.395 e. The number of H-pyrrole nitrogens is 1. The summed E-state index contributed by atoms with van der Waals surface area (Å²) < 4.78 is 0. The molecular formula is C15H24N4O. The standard InChI is InChI=1S/C15H24N4O/c16-12-13(11-7-8-11)18-19-14(12)15(20)17-9-3-6-10-4-1-2-5-10/h10-11H,1-9,16H2,(H,17,20)(H,18,19). The minimum absolute atomic E-state index is 0.142. The van der Waals surface area contributed by atoms with Crippen LogP contribution in [0, 0.1) is 5.92 Å². The molecule has 2 aliphatic rings. The molecule has 1 heterocycles. The summed E-state index contributed by atoms with van der Waals surface area (Å²) in [6.07, 6.45) is 10.1. The molecule has 2 aliphatic carbocycles. The van der Waals surface area contributed by atoms with Gasteiger partial charge in [0.05, 0.1) is 11.4 Å². The second kappa shape index (κ2) is 5.85. The summed E-state index contributed by atoms with van der Waals surface area (Å²) in [5, 5.41) is 9.92. The van der Waals surface area contributed by atoms with Gasteiger partial charge in [-0.1, -0.05) is 25.7 Å². The van der Waals surface area contributed by atoms with E-state index in [1.807, 2.05) is 0 Å². The number of rotatable bonds is 6. The molecule has 1 aromatic rings. The van der Waals surface area contributed by atoms with Gasteiger partial charge in [0.15, 0.2) is 5.69 Å². The quantitative estimate of drug-likeness (QED) is 0.698. The first-order chi connectivity index (χ1) is 9.75. The Bertz CT molecular complexity index is 472. The van der Waals surface area contributed by atoms with Crippen molar-refractivity contribution in [1.82, 2.24) is 15.5 Å². The summed E-state index contributed by atoms with van der Waals surface area (Å²) in [7, 11) is 0. The van der Waals surface area contributed by atoms with Gasteiger partial charge in [-0.05, 0) is 31.6 Å². The van der Waals surface area contributed by atoms with Crippen LogP contribution in [0.2, 0.25) is 0 Å². The molecule has 3 rings (SSSR count). The van der Waals surface area contributed by atoms with Gasteiger partial charge in [-0.25, -0.2) is 0 Å². The monoisotopic (exact) mass is 276 g/mol. The molecule has 0 aliphatic heterocycles. The molecule has 1 aromatic heterocycles. The first-order valence-corrected chi connectivity index (χ1v) is 7.87. The van der Waals surface area contributed by atoms with Gasteiger partial charge in [0.1, 0.15) is 0 Å². The molecule has 0 atom stereocenters. The van der Waals surface area contributed by atoms with Crippen LogP contribution in [0.15, 0.2) is 0 Å². The van der Waals surface area contributed by atoms with Gasteiger partial charge in [-0.3, -0.25) is 9.89 Å². The van der Waals surface area contributed by atoms with Crippen molar-refractivity contribution in [2.45, 2.75) is 57.3 Å². The van der Waals surface area contributed by atoms with Crippen molar-refractivity contribution in [2.24, 2.45) is 5.92 Å². The molecule has 110 valence electrons. The smallest absolute Gasteiger partial charge is 0.273 e. The minimum atomic E-state index is -0.142. The lowest BCUT2D eigenvalue weighted by Gasteiger charge is -2.08. The van der Waals surface area contributed by atoms with Gasteiger partial charge in [0, 0.05) is 12.5 Å². The molecular weight excluding hydrogens is 252 g/mol. The van der Waals surface area contributed by atoms with E-state index < -0.39 is 0 Å². The second-order valence-electron chi connectivity index (χ2n) is 6.22. The van der Waals surface area contributed by atoms with Crippen LogP contribution in [-0.2, 0) is 0 Å². The zero-order valence-corrected chi connectivity index (χ0v) is 12.0. The molecule has 2 saturated carbocycles. The lowest BCUT2D eigenvalue weighted by Crippen LogP contribution is -2.26. The van der Waals surface area contributed by atoms with E-state index in [9.17, 15) is 4.79 Å². The van der Waals surface area contributed by atoms with Crippen LogP contribution in [0.4, 0.5) is 5.69 Å². The van der Waals surface area contributed by atoms with Crippen molar-refractivity contribution in [3.63, 3.8) is 0 Å². The number of amides is 1. The van der Waals surface area contributed by atoms with Gasteiger partial charge >= 0.3 is 0 Å². The molecule has 0 radical (unpaired) electrons. The van der Waals surface area contributed by atoms with E-state index >= 15 is 0 Å². The summed E-state index contributed by atoms with van der Waals surface area (Å²) in [6, 6.07) is 0. The zero-order valence-electron chi connectivity index (χ0n) is 12.0. The first kappa shape index (κ1) is 13.5. The molecule has 20 heavy (non-hydrogen) atoms. The molecule has 1 amide bonds. The van der Waals surface area contributed by atoms with E-state index in [-0.39, 0.29) is 5.91 Å². The van der Waals surface area contributed by atoms with E-state index in [1.54, 1.807) is 0 Å². The maximum absolute atomic E-state index is 12.0. The Morgan fingerprint density at radius 3 is 2.75 bits per heavy atom. The average Bonchev–Trinajstić information content (AvgIpc) is 3.00. The largest absolute Gasteiger partial charge is 0.395 e. The van der Waals surface area contributed by atoms with Crippen LogP contribution >= 0.6 is 0 Å². The number of nitrogens with one attached hydrogen (secondary N) is 2. The molecule has 0 spiro atoms. The molecule has 0 unspecified atom stereocenters. The third-order valence-electron chi connectivity index (χ3n) is 4.58. The van der Waals surface area contributed by atoms with Crippen molar-refractivity contribution in [2.75, 3.05) is 12.3 Å². The van der Waals surface area contributed by atoms with Gasteiger partial charge in [0.25, 0.3) is 5.91 Å². The lowest BCUT2D eigenvalue weighted by atomic mass is 10.0. The summed E-state index contributed by atoms with van der Waals surface area (Å²) in [5.74, 6) is 1.23. The number of nitrogen functional groups attached to an aromatic ring is 1. The molecule has 0 saturated heterocycles. The Morgan fingerprint density at radius 2 is 2.05 bits per heavy atom. The number of hydrogen-bond acceptors (Lipinski definition) is 3. The maximum atomic E-state index is 12.0. The predicted octanol–water partition coefficient (Wildman–Crippen LogP) is 2.57. The topological polar surface area (TPSA) is 83.8 Å². The summed E-state index contributed by atoms with van der Waals surface area (Å²) in [6.45, 7) is 0.723. The third kappa shape index (κ3) is 2.97. The number of aromatic nitrogens is 2.